The van der Waals surface area contributed by atoms with Crippen LogP contribution in [-0.2, 0) is 23.9 Å². The van der Waals surface area contributed by atoms with Crippen molar-refractivity contribution in [1.82, 2.24) is 10.6 Å². The molecule has 0 radical (unpaired) electrons. The molecule has 0 spiro atoms. The molecule has 0 heterocycles. The second kappa shape index (κ2) is 28.7. The van der Waals surface area contributed by atoms with Gasteiger partial charge in [-0.3, -0.25) is 14.4 Å². The van der Waals surface area contributed by atoms with Gasteiger partial charge in [-0.15, -0.1) is 0 Å². The van der Waals surface area contributed by atoms with Gasteiger partial charge >= 0.3 is 11.9 Å². The molecule has 42 heavy (non-hydrogen) atoms. The van der Waals surface area contributed by atoms with Crippen molar-refractivity contribution < 1.29 is 34.1 Å². The van der Waals surface area contributed by atoms with Crippen molar-refractivity contribution in [1.29, 1.82) is 0 Å². The lowest BCUT2D eigenvalue weighted by Gasteiger charge is -2.18. The largest absolute Gasteiger partial charge is 0.480 e. The number of carboxylic acid groups (broad SMARTS) is 1. The first-order valence-electron chi connectivity index (χ1n) is 16.6. The van der Waals surface area contributed by atoms with Gasteiger partial charge < -0.3 is 25.6 Å². The first kappa shape index (κ1) is 39.6. The monoisotopic (exact) mass is 596 g/mol. The molecule has 2 atom stereocenters. The average molecular weight is 597 g/mol. The highest BCUT2D eigenvalue weighted by atomic mass is 16.5. The Morgan fingerprint density at radius 2 is 1.21 bits per heavy atom. The number of rotatable bonds is 29. The first-order valence-corrected chi connectivity index (χ1v) is 16.6. The molecule has 9 heteroatoms. The maximum Gasteiger partial charge on any atom is 0.328 e. The van der Waals surface area contributed by atoms with Crippen LogP contribution in [-0.4, -0.2) is 59.3 Å². The molecular weight excluding hydrogens is 536 g/mol. The summed E-state index contributed by atoms with van der Waals surface area (Å²) in [6.07, 6.45) is 25.6. The zero-order valence-corrected chi connectivity index (χ0v) is 26.5. The van der Waals surface area contributed by atoms with E-state index in [1.165, 1.54) is 44.9 Å². The highest BCUT2D eigenvalue weighted by molar-refractivity contribution is 5.87. The van der Waals surface area contributed by atoms with Crippen LogP contribution in [0, 0.1) is 0 Å². The molecule has 0 bridgehead atoms. The van der Waals surface area contributed by atoms with E-state index < -0.39 is 24.5 Å². The second-order valence-electron chi connectivity index (χ2n) is 11.3. The van der Waals surface area contributed by atoms with Crippen LogP contribution in [0.5, 0.6) is 0 Å². The van der Waals surface area contributed by atoms with Crippen molar-refractivity contribution in [3.63, 3.8) is 0 Å². The van der Waals surface area contributed by atoms with Crippen LogP contribution in [0.1, 0.15) is 149 Å². The number of amides is 2. The Balaban J connectivity index is 4.04. The molecule has 0 aromatic rings. The number of aliphatic hydroxyl groups excluding tert-OH is 1. The minimum atomic E-state index is -1.39. The van der Waals surface area contributed by atoms with Crippen LogP contribution in [0.3, 0.4) is 0 Å². The van der Waals surface area contributed by atoms with E-state index in [-0.39, 0.29) is 30.9 Å². The standard InChI is InChI=1S/C33H60N2O7/c1-3-5-7-8-9-10-11-12-13-14-15-16-21-25-32(39)42-28(22-18-6-4-2)23-19-17-20-24-30(37)34-26-31(38)35-29(27-36)33(40)41/h10-11,28-29,36H,3-9,12-27H2,1-2H3,(H,34,37)(H,35,38)(H,40,41)/b11-10-. The second-order valence-corrected chi connectivity index (χ2v) is 11.3. The molecule has 0 fully saturated rings. The number of esters is 1. The first-order chi connectivity index (χ1) is 20.3. The molecular formula is C33H60N2O7. The number of unbranched alkanes of at least 4 members (excludes halogenated alkanes) is 13. The zero-order valence-electron chi connectivity index (χ0n) is 26.5. The molecule has 4 N–H and O–H groups in total. The van der Waals surface area contributed by atoms with Crippen LogP contribution >= 0.6 is 0 Å². The molecule has 9 nitrogen and oxygen atoms in total. The van der Waals surface area contributed by atoms with Gasteiger partial charge in [0.05, 0.1) is 13.2 Å². The van der Waals surface area contributed by atoms with Crippen LogP contribution in [0.4, 0.5) is 0 Å². The van der Waals surface area contributed by atoms with Gasteiger partial charge in [0.25, 0.3) is 0 Å². The SMILES string of the molecule is CCCCCC/C=C\CCCCCCCC(=O)OC(CCCCC)CCCCCC(=O)NCC(=O)NC(CO)C(=O)O. The number of carbonyl (C=O) groups excluding carboxylic acids is 3. The van der Waals surface area contributed by atoms with E-state index in [0.717, 1.165) is 70.6 Å². The number of ether oxygens (including phenoxy) is 1. The third kappa shape index (κ3) is 25.3. The molecule has 0 rings (SSSR count). The fourth-order valence-electron chi connectivity index (χ4n) is 4.65. The van der Waals surface area contributed by atoms with Crippen molar-refractivity contribution in [3.05, 3.63) is 12.2 Å². The van der Waals surface area contributed by atoms with Gasteiger partial charge in [0, 0.05) is 12.8 Å². The van der Waals surface area contributed by atoms with E-state index in [4.69, 9.17) is 14.9 Å². The Morgan fingerprint density at radius 1 is 0.690 bits per heavy atom. The van der Waals surface area contributed by atoms with Crippen LogP contribution in [0.25, 0.3) is 0 Å². The number of hydrogen-bond donors (Lipinski definition) is 4. The normalized spacial score (nSPS) is 12.6. The average Bonchev–Trinajstić information content (AvgIpc) is 2.96. The van der Waals surface area contributed by atoms with Crippen molar-refractivity contribution in [2.24, 2.45) is 0 Å². The number of aliphatic hydroxyl groups is 1. The highest BCUT2D eigenvalue weighted by Crippen LogP contribution is 2.17. The number of nitrogens with one attached hydrogen (secondary N) is 2. The van der Waals surface area contributed by atoms with Crippen molar-refractivity contribution in [3.8, 4) is 0 Å². The van der Waals surface area contributed by atoms with Gasteiger partial charge in [0.1, 0.15) is 12.1 Å². The van der Waals surface area contributed by atoms with E-state index in [1.807, 2.05) is 0 Å². The minimum Gasteiger partial charge on any atom is -0.480 e. The van der Waals surface area contributed by atoms with Crippen molar-refractivity contribution in [2.75, 3.05) is 13.2 Å². The minimum absolute atomic E-state index is 0.0796. The summed E-state index contributed by atoms with van der Waals surface area (Å²) in [7, 11) is 0. The fraction of sp³-hybridized carbons (Fsp3) is 0.818. The summed E-state index contributed by atoms with van der Waals surface area (Å²) >= 11 is 0. The molecule has 0 aliphatic carbocycles. The lowest BCUT2D eigenvalue weighted by molar-refractivity contribution is -0.150. The van der Waals surface area contributed by atoms with E-state index in [9.17, 15) is 19.2 Å². The molecule has 0 saturated carbocycles. The fourth-order valence-corrected chi connectivity index (χ4v) is 4.65. The Hall–Kier alpha value is -2.42. The van der Waals surface area contributed by atoms with E-state index in [1.54, 1.807) is 0 Å². The van der Waals surface area contributed by atoms with Gasteiger partial charge in [-0.2, -0.15) is 0 Å². The number of allylic oxidation sites excluding steroid dienone is 2. The lowest BCUT2D eigenvalue weighted by atomic mass is 10.0. The molecule has 0 aromatic carbocycles. The summed E-state index contributed by atoms with van der Waals surface area (Å²) in [4.78, 5) is 47.0. The van der Waals surface area contributed by atoms with Gasteiger partial charge in [-0.1, -0.05) is 83.8 Å². The summed E-state index contributed by atoms with van der Waals surface area (Å²) in [5.41, 5.74) is 0. The quantitative estimate of drug-likeness (QED) is 0.0447. The Bertz CT molecular complexity index is 742. The maximum absolute atomic E-state index is 12.5. The summed E-state index contributed by atoms with van der Waals surface area (Å²) in [5.74, 6) is -2.40. The predicted molar refractivity (Wildman–Crippen MR) is 167 cm³/mol. The van der Waals surface area contributed by atoms with Crippen molar-refractivity contribution >= 4 is 23.8 Å². The number of aliphatic carboxylic acids is 1. The third-order valence-electron chi connectivity index (χ3n) is 7.26. The van der Waals surface area contributed by atoms with Gasteiger partial charge in [-0.05, 0) is 64.2 Å². The highest BCUT2D eigenvalue weighted by Gasteiger charge is 2.19. The summed E-state index contributed by atoms with van der Waals surface area (Å²) in [5, 5.41) is 22.4. The molecule has 0 aromatic heterocycles. The van der Waals surface area contributed by atoms with E-state index in [0.29, 0.717) is 12.8 Å². The molecule has 244 valence electrons. The number of hydrogen-bond acceptors (Lipinski definition) is 6. The summed E-state index contributed by atoms with van der Waals surface area (Å²) < 4.78 is 5.82. The molecule has 2 amide bonds. The van der Waals surface area contributed by atoms with Crippen LogP contribution in [0.15, 0.2) is 12.2 Å². The van der Waals surface area contributed by atoms with Crippen LogP contribution in [0.2, 0.25) is 0 Å². The number of carboxylic acids is 1. The predicted octanol–water partition coefficient (Wildman–Crippen LogP) is 6.36. The van der Waals surface area contributed by atoms with Gasteiger partial charge in [-0.25, -0.2) is 4.79 Å². The lowest BCUT2D eigenvalue weighted by Crippen LogP contribution is -2.47. The molecule has 0 saturated heterocycles. The van der Waals surface area contributed by atoms with Gasteiger partial charge in [0.15, 0.2) is 0 Å². The Morgan fingerprint density at radius 3 is 1.83 bits per heavy atom. The molecule has 0 aliphatic heterocycles. The summed E-state index contributed by atoms with van der Waals surface area (Å²) in [6, 6.07) is -1.39. The number of carbonyl (C=O) groups is 4. The Kier molecular flexibility index (Phi) is 27.0. The topological polar surface area (TPSA) is 142 Å². The van der Waals surface area contributed by atoms with E-state index >= 15 is 0 Å². The maximum atomic E-state index is 12.5. The Labute approximate surface area is 254 Å². The van der Waals surface area contributed by atoms with Gasteiger partial charge in [0.2, 0.25) is 11.8 Å². The van der Waals surface area contributed by atoms with Crippen LogP contribution < -0.4 is 10.6 Å². The third-order valence-corrected chi connectivity index (χ3v) is 7.26. The molecule has 2 unspecified atom stereocenters. The van der Waals surface area contributed by atoms with Crippen molar-refractivity contribution in [2.45, 2.75) is 161 Å². The van der Waals surface area contributed by atoms with E-state index in [2.05, 4.69) is 36.6 Å². The smallest absolute Gasteiger partial charge is 0.328 e. The zero-order chi connectivity index (χ0) is 31.3. The summed E-state index contributed by atoms with van der Waals surface area (Å²) in [6.45, 7) is 3.33. The molecule has 0 aliphatic rings.